The quantitative estimate of drug-likeness (QED) is 0.386. The summed E-state index contributed by atoms with van der Waals surface area (Å²) in [5, 5.41) is 23.8. The highest BCUT2D eigenvalue weighted by Crippen LogP contribution is 2.37. The zero-order chi connectivity index (χ0) is 20.3. The Kier molecular flexibility index (Phi) is 6.00. The number of thioether (sulfide) groups is 1. The van der Waals surface area contributed by atoms with E-state index in [1.165, 1.54) is 18.2 Å². The number of phenols is 1. The highest BCUT2D eigenvalue weighted by atomic mass is 79.9. The smallest absolute Gasteiger partial charge is 0.312 e. The Morgan fingerprint density at radius 1 is 1.36 bits per heavy atom. The van der Waals surface area contributed by atoms with Gasteiger partial charge in [-0.3, -0.25) is 14.9 Å². The molecule has 0 aliphatic carbocycles. The van der Waals surface area contributed by atoms with Gasteiger partial charge in [0.15, 0.2) is 5.17 Å². The Morgan fingerprint density at radius 3 is 2.71 bits per heavy atom. The van der Waals surface area contributed by atoms with Crippen LogP contribution in [0.25, 0.3) is 6.08 Å². The molecule has 2 aromatic rings. The minimum absolute atomic E-state index is 0.167. The predicted molar refractivity (Wildman–Crippen MR) is 111 cm³/mol. The summed E-state index contributed by atoms with van der Waals surface area (Å²) in [6, 6.07) is 9.80. The van der Waals surface area contributed by atoms with Crippen molar-refractivity contribution in [2.24, 2.45) is 4.99 Å². The fourth-order valence-corrected chi connectivity index (χ4v) is 3.67. The number of nitrogens with zero attached hydrogens (tertiary/aromatic N) is 2. The lowest BCUT2D eigenvalue weighted by atomic mass is 10.1. The topological polar surface area (TPSA) is 114 Å². The molecule has 1 amide bonds. The van der Waals surface area contributed by atoms with E-state index in [2.05, 4.69) is 26.2 Å². The van der Waals surface area contributed by atoms with E-state index in [0.717, 1.165) is 17.5 Å². The van der Waals surface area contributed by atoms with E-state index in [9.17, 15) is 20.0 Å². The number of aliphatic imine (C=N–C) groups is 1. The van der Waals surface area contributed by atoms with Gasteiger partial charge in [0.1, 0.15) is 5.75 Å². The van der Waals surface area contributed by atoms with E-state index < -0.39 is 16.4 Å². The lowest BCUT2D eigenvalue weighted by Crippen LogP contribution is -2.19. The van der Waals surface area contributed by atoms with Crippen molar-refractivity contribution in [1.29, 1.82) is 0 Å². The van der Waals surface area contributed by atoms with Crippen molar-refractivity contribution in [3.63, 3.8) is 0 Å². The number of amides is 1. The van der Waals surface area contributed by atoms with Crippen LogP contribution in [-0.4, -0.2) is 27.7 Å². The number of aromatic hydroxyl groups is 1. The number of ether oxygens (including phenoxy) is 1. The second-order valence-corrected chi connectivity index (χ2v) is 7.42. The highest BCUT2D eigenvalue weighted by Gasteiger charge is 2.25. The molecule has 0 radical (unpaired) electrons. The number of nitro benzene ring substituents is 1. The first-order chi connectivity index (χ1) is 13.4. The first-order valence-corrected chi connectivity index (χ1v) is 9.67. The second kappa shape index (κ2) is 8.44. The third kappa shape index (κ3) is 4.52. The number of halogens is 1. The molecule has 2 N–H and O–H groups in total. The van der Waals surface area contributed by atoms with Gasteiger partial charge < -0.3 is 15.2 Å². The van der Waals surface area contributed by atoms with Gasteiger partial charge in [-0.15, -0.1) is 0 Å². The first kappa shape index (κ1) is 19.9. The standard InChI is InChI=1S/C18H14BrN3O5S/c1-2-27-12-5-3-11(4-6-12)20-18-21-17(24)15(28-18)9-10-7-13(19)16(23)14(8-10)22(25)26/h3-9,23H,2H2,1H3,(H,20,21,24). The molecular weight excluding hydrogens is 450 g/mol. The number of phenolic OH excluding ortho intramolecular Hbond substituents is 1. The molecule has 28 heavy (non-hydrogen) atoms. The highest BCUT2D eigenvalue weighted by molar-refractivity contribution is 9.10. The molecule has 10 heteroatoms. The number of amidine groups is 1. The fourth-order valence-electron chi connectivity index (χ4n) is 2.36. The fraction of sp³-hybridized carbons (Fsp3) is 0.111. The molecule has 1 heterocycles. The number of carbonyl (C=O) groups is 1. The van der Waals surface area contributed by atoms with Gasteiger partial charge in [0.25, 0.3) is 5.91 Å². The van der Waals surface area contributed by atoms with Gasteiger partial charge in [-0.25, -0.2) is 4.99 Å². The van der Waals surface area contributed by atoms with Crippen LogP contribution in [0.2, 0.25) is 0 Å². The summed E-state index contributed by atoms with van der Waals surface area (Å²) in [5.74, 6) is -0.0930. The van der Waals surface area contributed by atoms with Gasteiger partial charge >= 0.3 is 5.69 Å². The van der Waals surface area contributed by atoms with Crippen molar-refractivity contribution in [3.8, 4) is 11.5 Å². The van der Waals surface area contributed by atoms with E-state index >= 15 is 0 Å². The van der Waals surface area contributed by atoms with Crippen molar-refractivity contribution in [2.75, 3.05) is 6.61 Å². The average molecular weight is 464 g/mol. The summed E-state index contributed by atoms with van der Waals surface area (Å²) in [7, 11) is 0. The van der Waals surface area contributed by atoms with Crippen LogP contribution in [0, 0.1) is 10.1 Å². The minimum atomic E-state index is -0.692. The van der Waals surface area contributed by atoms with Crippen molar-refractivity contribution >= 4 is 56.2 Å². The zero-order valence-electron chi connectivity index (χ0n) is 14.5. The van der Waals surface area contributed by atoms with Gasteiger partial charge in [0.2, 0.25) is 5.75 Å². The average Bonchev–Trinajstić information content (AvgIpc) is 2.98. The minimum Gasteiger partial charge on any atom is -0.501 e. The van der Waals surface area contributed by atoms with Crippen molar-refractivity contribution in [2.45, 2.75) is 6.92 Å². The molecule has 0 bridgehead atoms. The van der Waals surface area contributed by atoms with Gasteiger partial charge in [0.05, 0.1) is 26.6 Å². The third-order valence-corrected chi connectivity index (χ3v) is 5.10. The maximum absolute atomic E-state index is 12.2. The number of carbonyl (C=O) groups excluding carboxylic acids is 1. The molecule has 0 unspecified atom stereocenters. The maximum Gasteiger partial charge on any atom is 0.312 e. The number of hydrogen-bond donors (Lipinski definition) is 2. The zero-order valence-corrected chi connectivity index (χ0v) is 16.9. The molecule has 0 saturated carbocycles. The summed E-state index contributed by atoms with van der Waals surface area (Å²) >= 11 is 4.20. The van der Waals surface area contributed by atoms with Crippen LogP contribution < -0.4 is 10.1 Å². The molecule has 1 aliphatic rings. The molecule has 144 valence electrons. The Labute approximate surface area is 172 Å². The number of hydrogen-bond acceptors (Lipinski definition) is 7. The molecule has 1 saturated heterocycles. The number of nitro groups is 1. The van der Waals surface area contributed by atoms with Crippen molar-refractivity contribution in [1.82, 2.24) is 5.32 Å². The Bertz CT molecular complexity index is 1010. The summed E-state index contributed by atoms with van der Waals surface area (Å²) in [5.41, 5.74) is 0.597. The summed E-state index contributed by atoms with van der Waals surface area (Å²) in [6.07, 6.45) is 1.50. The van der Waals surface area contributed by atoms with Crippen LogP contribution in [0.3, 0.4) is 0 Å². The largest absolute Gasteiger partial charge is 0.501 e. The number of rotatable bonds is 5. The van der Waals surface area contributed by atoms with E-state index in [1.54, 1.807) is 24.3 Å². The second-order valence-electron chi connectivity index (χ2n) is 5.54. The summed E-state index contributed by atoms with van der Waals surface area (Å²) in [6.45, 7) is 2.47. The lowest BCUT2D eigenvalue weighted by molar-refractivity contribution is -0.386. The van der Waals surface area contributed by atoms with E-state index in [4.69, 9.17) is 4.74 Å². The molecule has 8 nitrogen and oxygen atoms in total. The monoisotopic (exact) mass is 463 g/mol. The van der Waals surface area contributed by atoms with Gasteiger partial charge in [-0.05, 0) is 76.6 Å². The van der Waals surface area contributed by atoms with Crippen molar-refractivity contribution in [3.05, 3.63) is 61.5 Å². The van der Waals surface area contributed by atoms with Crippen molar-refractivity contribution < 1.29 is 19.6 Å². The number of benzene rings is 2. The Morgan fingerprint density at radius 2 is 2.07 bits per heavy atom. The van der Waals surface area contributed by atoms with Crippen LogP contribution in [-0.2, 0) is 4.79 Å². The SMILES string of the molecule is CCOc1ccc(N=C2NC(=O)C(=Cc3cc(Br)c(O)c([N+](=O)[O-])c3)S2)cc1. The van der Waals surface area contributed by atoms with Gasteiger partial charge in [0, 0.05) is 6.07 Å². The van der Waals surface area contributed by atoms with Crippen LogP contribution in [0.1, 0.15) is 12.5 Å². The Balaban J connectivity index is 1.83. The van der Waals surface area contributed by atoms with Crippen LogP contribution in [0.4, 0.5) is 11.4 Å². The van der Waals surface area contributed by atoms with E-state index in [1.807, 2.05) is 6.92 Å². The lowest BCUT2D eigenvalue weighted by Gasteiger charge is -2.02. The molecule has 0 atom stereocenters. The van der Waals surface area contributed by atoms with Crippen LogP contribution in [0.15, 0.2) is 50.8 Å². The molecule has 1 fully saturated rings. The molecule has 3 rings (SSSR count). The van der Waals surface area contributed by atoms with Crippen LogP contribution in [0.5, 0.6) is 11.5 Å². The molecule has 0 aromatic heterocycles. The van der Waals surface area contributed by atoms with Crippen LogP contribution >= 0.6 is 27.7 Å². The summed E-state index contributed by atoms with van der Waals surface area (Å²) in [4.78, 5) is 27.2. The van der Waals surface area contributed by atoms with E-state index in [0.29, 0.717) is 27.9 Å². The van der Waals surface area contributed by atoms with Gasteiger partial charge in [-0.1, -0.05) is 0 Å². The number of nitrogens with one attached hydrogen (secondary N) is 1. The summed E-state index contributed by atoms with van der Waals surface area (Å²) < 4.78 is 5.54. The van der Waals surface area contributed by atoms with Gasteiger partial charge in [-0.2, -0.15) is 0 Å². The predicted octanol–water partition coefficient (Wildman–Crippen LogP) is 4.35. The molecule has 1 aliphatic heterocycles. The van der Waals surface area contributed by atoms with E-state index in [-0.39, 0.29) is 10.4 Å². The third-order valence-electron chi connectivity index (χ3n) is 3.59. The first-order valence-electron chi connectivity index (χ1n) is 8.06. The normalized spacial score (nSPS) is 16.4. The molecule has 0 spiro atoms. The molecule has 2 aromatic carbocycles. The Hall–Kier alpha value is -2.85. The molecular formula is C18H14BrN3O5S. The maximum atomic E-state index is 12.2.